The Kier molecular flexibility index (Phi) is 6.84. The number of aromatic hydroxyl groups is 1. The van der Waals surface area contributed by atoms with E-state index in [9.17, 15) is 9.90 Å². The van der Waals surface area contributed by atoms with E-state index in [1.54, 1.807) is 13.2 Å². The van der Waals surface area contributed by atoms with E-state index in [4.69, 9.17) is 4.74 Å². The van der Waals surface area contributed by atoms with Crippen LogP contribution in [0.2, 0.25) is 0 Å². The molecule has 4 rings (SSSR count). The summed E-state index contributed by atoms with van der Waals surface area (Å²) in [5, 5.41) is 14.1. The third-order valence-corrected chi connectivity index (χ3v) is 6.72. The topological polar surface area (TPSA) is 65.0 Å². The van der Waals surface area contributed by atoms with Gasteiger partial charge in [0.05, 0.1) is 19.2 Å². The van der Waals surface area contributed by atoms with E-state index in [2.05, 4.69) is 43.2 Å². The minimum Gasteiger partial charge on any atom is -0.504 e. The van der Waals surface area contributed by atoms with Crippen molar-refractivity contribution in [1.82, 2.24) is 15.1 Å². The molecule has 2 unspecified atom stereocenters. The van der Waals surface area contributed by atoms with Gasteiger partial charge in [-0.05, 0) is 37.5 Å². The molecule has 1 saturated carbocycles. The summed E-state index contributed by atoms with van der Waals surface area (Å²) in [5.74, 6) is 0.749. The summed E-state index contributed by atoms with van der Waals surface area (Å²) in [7, 11) is 1.57. The van der Waals surface area contributed by atoms with Crippen LogP contribution in [0.3, 0.4) is 0 Å². The predicted octanol–water partition coefficient (Wildman–Crippen LogP) is 3.54. The van der Waals surface area contributed by atoms with Crippen LogP contribution in [0, 0.1) is 0 Å². The van der Waals surface area contributed by atoms with Gasteiger partial charge in [0.2, 0.25) is 5.91 Å². The van der Waals surface area contributed by atoms with E-state index in [0.717, 1.165) is 54.6 Å². The Morgan fingerprint density at radius 3 is 2.39 bits per heavy atom. The molecule has 2 N–H and O–H groups in total. The molecular formula is C24H30BrN3O3. The molecule has 2 atom stereocenters. The molecule has 2 aromatic rings. The van der Waals surface area contributed by atoms with Gasteiger partial charge >= 0.3 is 0 Å². The average Bonchev–Trinajstić information content (AvgIpc) is 3.60. The van der Waals surface area contributed by atoms with Crippen molar-refractivity contribution in [2.75, 3.05) is 33.3 Å². The first kappa shape index (κ1) is 22.1. The Bertz CT molecular complexity index is 912. The summed E-state index contributed by atoms with van der Waals surface area (Å²) in [6.07, 6.45) is 2.20. The molecule has 1 saturated heterocycles. The first-order valence-corrected chi connectivity index (χ1v) is 11.7. The smallest absolute Gasteiger partial charge is 0.237 e. The van der Waals surface area contributed by atoms with Gasteiger partial charge in [-0.3, -0.25) is 14.6 Å². The van der Waals surface area contributed by atoms with Crippen molar-refractivity contribution in [2.45, 2.75) is 37.9 Å². The first-order chi connectivity index (χ1) is 15.0. The fraction of sp³-hybridized carbons (Fsp3) is 0.458. The highest BCUT2D eigenvalue weighted by atomic mass is 79.9. The number of halogens is 1. The predicted molar refractivity (Wildman–Crippen MR) is 124 cm³/mol. The Hall–Kier alpha value is -2.09. The second kappa shape index (κ2) is 9.59. The van der Waals surface area contributed by atoms with Crippen LogP contribution in [0.5, 0.6) is 11.5 Å². The lowest BCUT2D eigenvalue weighted by molar-refractivity contribution is -0.126. The standard InChI is InChI=1S/C24H30BrN3O3/c1-16(24(30)26-19-8-9-19)27-10-12-28(13-11-27)22(17-6-4-3-5-7-17)20-14-18(25)15-21(31-2)23(20)29/h3-7,14-16,19,22,29H,8-13H2,1-2H3,(H,26,30). The zero-order valence-electron chi connectivity index (χ0n) is 18.1. The third kappa shape index (κ3) is 5.05. The number of hydrogen-bond acceptors (Lipinski definition) is 5. The second-order valence-electron chi connectivity index (χ2n) is 8.39. The number of rotatable bonds is 7. The first-order valence-electron chi connectivity index (χ1n) is 10.9. The zero-order chi connectivity index (χ0) is 22.0. The number of carbonyl (C=O) groups excluding carboxylic acids is 1. The molecule has 7 heteroatoms. The number of carbonyl (C=O) groups is 1. The number of piperazine rings is 1. The van der Waals surface area contributed by atoms with Crippen LogP contribution in [0.1, 0.15) is 36.9 Å². The molecule has 31 heavy (non-hydrogen) atoms. The monoisotopic (exact) mass is 487 g/mol. The van der Waals surface area contributed by atoms with Crippen molar-refractivity contribution in [3.8, 4) is 11.5 Å². The van der Waals surface area contributed by atoms with E-state index in [0.29, 0.717) is 11.8 Å². The molecule has 0 aromatic heterocycles. The number of nitrogens with one attached hydrogen (secondary N) is 1. The van der Waals surface area contributed by atoms with Gasteiger partial charge in [-0.1, -0.05) is 46.3 Å². The van der Waals surface area contributed by atoms with Crippen LogP contribution >= 0.6 is 15.9 Å². The van der Waals surface area contributed by atoms with Crippen LogP contribution < -0.4 is 10.1 Å². The molecule has 6 nitrogen and oxygen atoms in total. The van der Waals surface area contributed by atoms with Gasteiger partial charge < -0.3 is 15.2 Å². The average molecular weight is 488 g/mol. The molecule has 1 heterocycles. The third-order valence-electron chi connectivity index (χ3n) is 6.26. The number of phenols is 1. The number of nitrogens with zero attached hydrogens (tertiary/aromatic N) is 2. The van der Waals surface area contributed by atoms with Gasteiger partial charge in [-0.15, -0.1) is 0 Å². The van der Waals surface area contributed by atoms with Crippen LogP contribution in [0.4, 0.5) is 0 Å². The number of methoxy groups -OCH3 is 1. The highest BCUT2D eigenvalue weighted by Gasteiger charge is 2.33. The van der Waals surface area contributed by atoms with E-state index < -0.39 is 0 Å². The van der Waals surface area contributed by atoms with Gasteiger partial charge in [-0.25, -0.2) is 0 Å². The lowest BCUT2D eigenvalue weighted by Gasteiger charge is -2.41. The van der Waals surface area contributed by atoms with Crippen LogP contribution in [-0.4, -0.2) is 66.2 Å². The molecule has 2 fully saturated rings. The minimum atomic E-state index is -0.128. The SMILES string of the molecule is COc1cc(Br)cc(C(c2ccccc2)N2CCN(C(C)C(=O)NC3CC3)CC2)c1O. The molecule has 0 bridgehead atoms. The summed E-state index contributed by atoms with van der Waals surface area (Å²) in [4.78, 5) is 17.1. The Morgan fingerprint density at radius 1 is 1.13 bits per heavy atom. The van der Waals surface area contributed by atoms with Crippen molar-refractivity contribution in [1.29, 1.82) is 0 Å². The number of phenolic OH excluding ortho intramolecular Hbond substituents is 1. The fourth-order valence-electron chi connectivity index (χ4n) is 4.28. The minimum absolute atomic E-state index is 0.106. The largest absolute Gasteiger partial charge is 0.504 e. The summed E-state index contributed by atoms with van der Waals surface area (Å²) in [6.45, 7) is 5.19. The van der Waals surface area contributed by atoms with Gasteiger partial charge in [0.15, 0.2) is 11.5 Å². The normalized spacial score (nSPS) is 19.6. The van der Waals surface area contributed by atoms with Crippen LogP contribution in [0.15, 0.2) is 46.9 Å². The fourth-order valence-corrected chi connectivity index (χ4v) is 4.73. The second-order valence-corrected chi connectivity index (χ2v) is 9.31. The van der Waals surface area contributed by atoms with Gasteiger partial charge in [0, 0.05) is 42.3 Å². The van der Waals surface area contributed by atoms with E-state index >= 15 is 0 Å². The highest BCUT2D eigenvalue weighted by Crippen LogP contribution is 2.42. The van der Waals surface area contributed by atoms with Gasteiger partial charge in [-0.2, -0.15) is 0 Å². The molecule has 1 aliphatic heterocycles. The highest BCUT2D eigenvalue weighted by molar-refractivity contribution is 9.10. The lowest BCUT2D eigenvalue weighted by atomic mass is 9.95. The summed E-state index contributed by atoms with van der Waals surface area (Å²) in [5.41, 5.74) is 1.93. The molecule has 1 amide bonds. The number of amides is 1. The molecule has 166 valence electrons. The molecule has 2 aromatic carbocycles. The molecule has 2 aliphatic rings. The Morgan fingerprint density at radius 2 is 1.77 bits per heavy atom. The summed E-state index contributed by atoms with van der Waals surface area (Å²) in [6, 6.07) is 14.1. The molecule has 1 aliphatic carbocycles. The van der Waals surface area contributed by atoms with Crippen molar-refractivity contribution in [3.63, 3.8) is 0 Å². The van der Waals surface area contributed by atoms with E-state index in [1.807, 2.05) is 31.2 Å². The van der Waals surface area contributed by atoms with Crippen molar-refractivity contribution >= 4 is 21.8 Å². The Balaban J connectivity index is 1.55. The maximum atomic E-state index is 12.5. The Labute approximate surface area is 192 Å². The van der Waals surface area contributed by atoms with Crippen molar-refractivity contribution in [3.05, 3.63) is 58.1 Å². The quantitative estimate of drug-likeness (QED) is 0.625. The zero-order valence-corrected chi connectivity index (χ0v) is 19.6. The molecule has 0 spiro atoms. The number of hydrogen-bond donors (Lipinski definition) is 2. The van der Waals surface area contributed by atoms with Crippen molar-refractivity contribution in [2.24, 2.45) is 0 Å². The van der Waals surface area contributed by atoms with Crippen LogP contribution in [-0.2, 0) is 4.79 Å². The van der Waals surface area contributed by atoms with E-state index in [-0.39, 0.29) is 23.7 Å². The summed E-state index contributed by atoms with van der Waals surface area (Å²) >= 11 is 3.56. The van der Waals surface area contributed by atoms with Crippen molar-refractivity contribution < 1.29 is 14.6 Å². The maximum Gasteiger partial charge on any atom is 0.237 e. The van der Waals surface area contributed by atoms with Gasteiger partial charge in [0.25, 0.3) is 0 Å². The molecule has 0 radical (unpaired) electrons. The van der Waals surface area contributed by atoms with Gasteiger partial charge in [0.1, 0.15) is 0 Å². The lowest BCUT2D eigenvalue weighted by Crippen LogP contribution is -2.54. The maximum absolute atomic E-state index is 12.5. The summed E-state index contributed by atoms with van der Waals surface area (Å²) < 4.78 is 6.26. The van der Waals surface area contributed by atoms with E-state index in [1.165, 1.54) is 0 Å². The number of ether oxygens (including phenoxy) is 1. The van der Waals surface area contributed by atoms with Crippen LogP contribution in [0.25, 0.3) is 0 Å². The molecular weight excluding hydrogens is 458 g/mol. The number of benzene rings is 2.